The maximum Gasteiger partial charge on any atom is 0.254 e. The van der Waals surface area contributed by atoms with E-state index in [-0.39, 0.29) is 47.9 Å². The molecule has 9 rings (SSSR count). The molecule has 0 aliphatic carbocycles. The summed E-state index contributed by atoms with van der Waals surface area (Å²) in [4.78, 5) is 42.8. The summed E-state index contributed by atoms with van der Waals surface area (Å²) >= 11 is 1.59. The molecule has 3 saturated heterocycles. The van der Waals surface area contributed by atoms with E-state index in [0.29, 0.717) is 35.2 Å². The number of nitrogens with zero attached hydrogens (tertiary/aromatic N) is 7. The number of para-hydroxylation sites is 1. The van der Waals surface area contributed by atoms with Gasteiger partial charge < -0.3 is 39.6 Å². The molecule has 0 unspecified atom stereocenters. The average molecular weight is 832 g/mol. The average Bonchev–Trinajstić information content (AvgIpc) is 4.02. The minimum atomic E-state index is -0.822. The molecule has 3 aliphatic rings. The first-order valence-corrected chi connectivity index (χ1v) is 21.3. The minimum Gasteiger partial charge on any atom is -0.507 e. The number of carbonyl (C=O) groups is 2. The van der Waals surface area contributed by atoms with Crippen molar-refractivity contribution in [1.82, 2.24) is 40.4 Å². The molecule has 4 aromatic heterocycles. The van der Waals surface area contributed by atoms with Crippen LogP contribution in [0.4, 0.5) is 5.82 Å². The highest BCUT2D eigenvalue weighted by molar-refractivity contribution is 7.13. The molecule has 6 aromatic rings. The normalized spacial score (nSPS) is 19.7. The zero-order valence-electron chi connectivity index (χ0n) is 34.0. The van der Waals surface area contributed by atoms with Crippen molar-refractivity contribution >= 4 is 40.0 Å². The Morgan fingerprint density at radius 3 is 2.57 bits per heavy atom. The van der Waals surface area contributed by atoms with E-state index in [9.17, 15) is 19.8 Å². The maximum atomic E-state index is 14.1. The molecule has 4 atom stereocenters. The predicted octanol–water partition coefficient (Wildman–Crippen LogP) is 5.53. The number of likely N-dealkylation sites (tertiary alicyclic amines) is 2. The second-order valence-corrected chi connectivity index (χ2v) is 17.8. The Morgan fingerprint density at radius 1 is 1.05 bits per heavy atom. The Kier molecular flexibility index (Phi) is 10.5. The predicted molar refractivity (Wildman–Crippen MR) is 227 cm³/mol. The van der Waals surface area contributed by atoms with Crippen LogP contribution in [0.5, 0.6) is 11.6 Å². The second-order valence-electron chi connectivity index (χ2n) is 16.9. The Bertz CT molecular complexity index is 2500. The molecule has 2 aromatic carbocycles. The minimum absolute atomic E-state index is 0.0577. The van der Waals surface area contributed by atoms with Gasteiger partial charge in [-0.1, -0.05) is 50.2 Å². The fourth-order valence-corrected chi connectivity index (χ4v) is 9.80. The van der Waals surface area contributed by atoms with Gasteiger partial charge in [-0.3, -0.25) is 14.5 Å². The zero-order chi connectivity index (χ0) is 41.7. The topological polar surface area (TPSA) is 186 Å². The van der Waals surface area contributed by atoms with Gasteiger partial charge in [0.25, 0.3) is 5.88 Å². The van der Waals surface area contributed by atoms with Crippen LogP contribution in [0.2, 0.25) is 0 Å². The molecule has 3 aliphatic heterocycles. The van der Waals surface area contributed by atoms with Crippen LogP contribution >= 0.6 is 11.3 Å². The number of aliphatic hydroxyl groups is 1. The van der Waals surface area contributed by atoms with Gasteiger partial charge in [-0.05, 0) is 60.3 Å². The summed E-state index contributed by atoms with van der Waals surface area (Å²) < 4.78 is 11.7. The highest BCUT2D eigenvalue weighted by Gasteiger charge is 2.52. The number of rotatable bonds is 13. The van der Waals surface area contributed by atoms with Gasteiger partial charge in [0, 0.05) is 68.1 Å². The number of ether oxygens (including phenoxy) is 1. The summed E-state index contributed by atoms with van der Waals surface area (Å²) in [7, 11) is 0. The van der Waals surface area contributed by atoms with Crippen LogP contribution in [0.25, 0.3) is 32.7 Å². The highest BCUT2D eigenvalue weighted by atomic mass is 32.1. The van der Waals surface area contributed by atoms with Gasteiger partial charge in [-0.25, -0.2) is 4.98 Å². The third kappa shape index (κ3) is 7.70. The Balaban J connectivity index is 0.752. The number of aromatic amines is 1. The molecular formula is C44H49N9O6S. The number of aromatic nitrogens is 5. The molecule has 15 nitrogen and oxygen atoms in total. The Morgan fingerprint density at radius 2 is 1.83 bits per heavy atom. The molecule has 3 fully saturated rings. The summed E-state index contributed by atoms with van der Waals surface area (Å²) in [5, 5.41) is 37.7. The molecule has 7 heterocycles. The Labute approximate surface area is 351 Å². The lowest BCUT2D eigenvalue weighted by Gasteiger charge is -2.60. The van der Waals surface area contributed by atoms with E-state index in [1.165, 1.54) is 4.90 Å². The van der Waals surface area contributed by atoms with Gasteiger partial charge in [-0.15, -0.1) is 21.5 Å². The molecule has 0 radical (unpaired) electrons. The summed E-state index contributed by atoms with van der Waals surface area (Å²) in [6.45, 7) is 12.7. The van der Waals surface area contributed by atoms with E-state index in [1.807, 2.05) is 75.7 Å². The van der Waals surface area contributed by atoms with Gasteiger partial charge in [0.05, 0.1) is 33.9 Å². The van der Waals surface area contributed by atoms with Crippen LogP contribution in [0, 0.1) is 18.3 Å². The third-order valence-electron chi connectivity index (χ3n) is 12.1. The molecule has 312 valence electrons. The van der Waals surface area contributed by atoms with Crippen LogP contribution in [-0.2, 0) is 9.59 Å². The third-order valence-corrected chi connectivity index (χ3v) is 13.1. The van der Waals surface area contributed by atoms with E-state index in [1.54, 1.807) is 29.5 Å². The van der Waals surface area contributed by atoms with E-state index in [2.05, 4.69) is 46.5 Å². The van der Waals surface area contributed by atoms with Crippen LogP contribution in [0.15, 0.2) is 76.8 Å². The first-order chi connectivity index (χ1) is 28.9. The molecule has 2 amide bonds. The second kappa shape index (κ2) is 16.0. The number of phenols is 1. The number of aliphatic hydroxyl groups excluding tert-OH is 1. The summed E-state index contributed by atoms with van der Waals surface area (Å²) in [5.74, 6) is 0.373. The van der Waals surface area contributed by atoms with Crippen molar-refractivity contribution in [1.29, 1.82) is 0 Å². The number of fused-ring (bicyclic) bond motifs is 1. The number of hydrogen-bond donors (Lipinski definition) is 4. The monoisotopic (exact) mass is 831 g/mol. The lowest BCUT2D eigenvalue weighted by atomic mass is 9.73. The lowest BCUT2D eigenvalue weighted by molar-refractivity contribution is -0.141. The van der Waals surface area contributed by atoms with Gasteiger partial charge >= 0.3 is 0 Å². The zero-order valence-corrected chi connectivity index (χ0v) is 34.9. The van der Waals surface area contributed by atoms with Crippen LogP contribution < -0.4 is 15.0 Å². The van der Waals surface area contributed by atoms with E-state index >= 15 is 0 Å². The molecule has 0 bridgehead atoms. The van der Waals surface area contributed by atoms with Gasteiger partial charge in [0.15, 0.2) is 11.4 Å². The summed E-state index contributed by atoms with van der Waals surface area (Å²) in [5.41, 5.74) is 7.04. The van der Waals surface area contributed by atoms with Crippen molar-refractivity contribution in [3.63, 3.8) is 0 Å². The van der Waals surface area contributed by atoms with Gasteiger partial charge in [0.2, 0.25) is 11.8 Å². The van der Waals surface area contributed by atoms with Crippen LogP contribution in [0.1, 0.15) is 56.2 Å². The fourth-order valence-electron chi connectivity index (χ4n) is 8.99. The number of hydrogen-bond acceptors (Lipinski definition) is 13. The van der Waals surface area contributed by atoms with Crippen molar-refractivity contribution in [3.05, 3.63) is 89.3 Å². The highest BCUT2D eigenvalue weighted by Crippen LogP contribution is 2.42. The number of aromatic hydroxyl groups is 1. The number of thiazole rings is 1. The standard InChI is InChI=1S/C44H49N9O6S/c1-25(2)39(43(57)53-19-31(54)17-34(53)42(56)46-26(3)28-9-11-29(12-10-28)40-27(4)45-24-60-40)36-18-38(50-59-36)58-14-13-51-20-44(21-51)22-52(23-44)37-16-30-15-33(48-49-41(30)47-37)32-7-5-6-8-35(32)55/h5-12,15-16,18,24-26,31,34,39,54-55H,13-14,17,19-23H2,1-4H3,(H,46,56)(H,47,49)/t26-,31+,34-,39+/m0/s1. The fraction of sp³-hybridized carbons (Fsp3) is 0.409. The SMILES string of the molecule is Cc1ncsc1-c1ccc([C@H](C)NC(=O)[C@@H]2C[C@@H](O)CN2C(=O)[C@@H](c2cc(OCCN3CC4(C3)CN(c3cc5cc(-c6ccccc6O)nnc5[nH]3)C4)no2)C(C)C)cc1. The largest absolute Gasteiger partial charge is 0.507 e. The van der Waals surface area contributed by atoms with Gasteiger partial charge in [-0.2, -0.15) is 0 Å². The van der Waals surface area contributed by atoms with Crippen LogP contribution in [0.3, 0.4) is 0 Å². The van der Waals surface area contributed by atoms with E-state index in [0.717, 1.165) is 65.6 Å². The van der Waals surface area contributed by atoms with Crippen LogP contribution in [-0.4, -0.2) is 115 Å². The quantitative estimate of drug-likeness (QED) is 0.114. The van der Waals surface area contributed by atoms with Crippen molar-refractivity contribution in [3.8, 4) is 33.3 Å². The summed E-state index contributed by atoms with van der Waals surface area (Å²) in [6, 6.07) is 19.7. The maximum absolute atomic E-state index is 14.1. The molecule has 0 saturated carbocycles. The van der Waals surface area contributed by atoms with Gasteiger partial charge in [0.1, 0.15) is 30.1 Å². The number of amides is 2. The first kappa shape index (κ1) is 39.6. The van der Waals surface area contributed by atoms with E-state index in [4.69, 9.17) is 9.26 Å². The lowest BCUT2D eigenvalue weighted by Crippen LogP contribution is -2.72. The van der Waals surface area contributed by atoms with E-state index < -0.39 is 18.1 Å². The number of β-amino-alcohol motifs (C(OH)–C–C–N with tert-alkyl or cyclic N) is 1. The number of anilines is 1. The number of carbonyl (C=O) groups excluding carboxylic acids is 2. The molecular weight excluding hydrogens is 783 g/mol. The van der Waals surface area contributed by atoms with Crippen molar-refractivity contribution < 1.29 is 29.1 Å². The number of H-pyrrole nitrogens is 1. The number of nitrogens with one attached hydrogen (secondary N) is 2. The molecule has 1 spiro atoms. The molecule has 60 heavy (non-hydrogen) atoms. The summed E-state index contributed by atoms with van der Waals surface area (Å²) in [6.07, 6.45) is -0.665. The molecule has 16 heteroatoms. The number of benzene rings is 2. The Hall–Kier alpha value is -5.84. The van der Waals surface area contributed by atoms with Crippen molar-refractivity contribution in [2.75, 3.05) is 50.8 Å². The molecule has 4 N–H and O–H groups in total. The first-order valence-electron chi connectivity index (χ1n) is 20.4. The number of phenolic OH excluding ortho intramolecular Hbond substituents is 1. The number of aryl methyl sites for hydroxylation is 1. The smallest absolute Gasteiger partial charge is 0.254 e. The van der Waals surface area contributed by atoms with Crippen molar-refractivity contribution in [2.24, 2.45) is 11.3 Å². The van der Waals surface area contributed by atoms with Crippen molar-refractivity contribution in [2.45, 2.75) is 58.2 Å².